The van der Waals surface area contributed by atoms with Crippen LogP contribution in [0.25, 0.3) is 0 Å². The minimum absolute atomic E-state index is 0.173. The zero-order chi connectivity index (χ0) is 16.0. The summed E-state index contributed by atoms with van der Waals surface area (Å²) in [4.78, 5) is 0.173. The second-order valence-corrected chi connectivity index (χ2v) is 7.07. The molecule has 0 bridgehead atoms. The number of fused-ring (bicyclic) bond motifs is 1. The van der Waals surface area contributed by atoms with Gasteiger partial charge in [0.25, 0.3) is 0 Å². The summed E-state index contributed by atoms with van der Waals surface area (Å²) in [6, 6.07) is 4.43. The molecule has 6 nitrogen and oxygen atoms in total. The van der Waals surface area contributed by atoms with Crippen LogP contribution >= 0.6 is 0 Å². The summed E-state index contributed by atoms with van der Waals surface area (Å²) in [5.41, 5.74) is 5.66. The maximum Gasteiger partial charge on any atom is 0.241 e. The molecule has 1 heterocycles. The van der Waals surface area contributed by atoms with Gasteiger partial charge in [-0.25, -0.2) is 13.1 Å². The van der Waals surface area contributed by atoms with Crippen LogP contribution in [0.5, 0.6) is 11.5 Å². The molecule has 0 aliphatic carbocycles. The minimum Gasteiger partial charge on any atom is -0.490 e. The van der Waals surface area contributed by atoms with E-state index in [4.69, 9.17) is 15.2 Å². The van der Waals surface area contributed by atoms with Crippen LogP contribution < -0.4 is 19.9 Å². The van der Waals surface area contributed by atoms with Gasteiger partial charge in [0, 0.05) is 25.1 Å². The lowest BCUT2D eigenvalue weighted by molar-refractivity contribution is 0.297. The van der Waals surface area contributed by atoms with E-state index in [0.29, 0.717) is 24.7 Å². The third-order valence-electron chi connectivity index (χ3n) is 3.54. The van der Waals surface area contributed by atoms with Crippen LogP contribution in [-0.2, 0) is 10.0 Å². The van der Waals surface area contributed by atoms with Gasteiger partial charge in [-0.05, 0) is 18.6 Å². The Balaban J connectivity index is 2.16. The number of benzene rings is 1. The summed E-state index contributed by atoms with van der Waals surface area (Å²) >= 11 is 0. The van der Waals surface area contributed by atoms with Gasteiger partial charge < -0.3 is 15.2 Å². The average molecular weight is 328 g/mol. The van der Waals surface area contributed by atoms with Crippen molar-refractivity contribution in [2.75, 3.05) is 19.8 Å². The third-order valence-corrected chi connectivity index (χ3v) is 5.06. The Hall–Kier alpha value is -1.31. The first-order valence-corrected chi connectivity index (χ1v) is 9.17. The van der Waals surface area contributed by atoms with Gasteiger partial charge in [0.05, 0.1) is 18.1 Å². The van der Waals surface area contributed by atoms with Crippen molar-refractivity contribution in [1.82, 2.24) is 4.72 Å². The number of rotatable bonds is 7. The first-order chi connectivity index (χ1) is 10.6. The molecule has 124 valence electrons. The molecule has 22 heavy (non-hydrogen) atoms. The lowest BCUT2D eigenvalue weighted by Crippen LogP contribution is -2.40. The third kappa shape index (κ3) is 4.34. The monoisotopic (exact) mass is 328 g/mol. The Labute approximate surface area is 132 Å². The van der Waals surface area contributed by atoms with Crippen molar-refractivity contribution in [3.05, 3.63) is 18.2 Å². The van der Waals surface area contributed by atoms with Gasteiger partial charge in [-0.3, -0.25) is 0 Å². The quantitative estimate of drug-likeness (QED) is 0.794. The van der Waals surface area contributed by atoms with Crippen LogP contribution in [0.4, 0.5) is 0 Å². The second kappa shape index (κ2) is 7.80. The van der Waals surface area contributed by atoms with Crippen LogP contribution in [0.2, 0.25) is 0 Å². The molecule has 0 saturated heterocycles. The van der Waals surface area contributed by atoms with Crippen molar-refractivity contribution < 1.29 is 17.9 Å². The van der Waals surface area contributed by atoms with Crippen LogP contribution in [0.15, 0.2) is 23.1 Å². The predicted molar refractivity (Wildman–Crippen MR) is 84.7 cm³/mol. The van der Waals surface area contributed by atoms with Gasteiger partial charge in [0.1, 0.15) is 0 Å². The zero-order valence-electron chi connectivity index (χ0n) is 12.9. The molecule has 0 radical (unpaired) electrons. The molecule has 7 heteroatoms. The molecule has 1 aliphatic rings. The molecule has 3 N–H and O–H groups in total. The highest BCUT2D eigenvalue weighted by molar-refractivity contribution is 7.89. The van der Waals surface area contributed by atoms with Crippen molar-refractivity contribution in [3.8, 4) is 11.5 Å². The van der Waals surface area contributed by atoms with E-state index in [1.165, 1.54) is 12.1 Å². The van der Waals surface area contributed by atoms with Crippen molar-refractivity contribution in [2.24, 2.45) is 5.73 Å². The Kier molecular flexibility index (Phi) is 6.05. The summed E-state index contributed by atoms with van der Waals surface area (Å²) < 4.78 is 38.7. The maximum absolute atomic E-state index is 12.5. The van der Waals surface area contributed by atoms with E-state index in [1.54, 1.807) is 6.07 Å². The summed E-state index contributed by atoms with van der Waals surface area (Å²) in [6.45, 7) is 3.44. The minimum atomic E-state index is -3.61. The lowest BCUT2D eigenvalue weighted by atomic mass is 10.1. The average Bonchev–Trinajstić information content (AvgIpc) is 2.75. The Morgan fingerprint density at radius 3 is 2.68 bits per heavy atom. The number of nitrogens with two attached hydrogens (primary N) is 1. The van der Waals surface area contributed by atoms with Gasteiger partial charge in [0.15, 0.2) is 11.5 Å². The predicted octanol–water partition coefficient (Wildman–Crippen LogP) is 1.64. The van der Waals surface area contributed by atoms with Gasteiger partial charge in [-0.2, -0.15) is 0 Å². The molecular formula is C15H24N2O4S. The maximum atomic E-state index is 12.5. The standard InChI is InChI=1S/C15H24N2O4S/c1-2-3-5-12(11-16)17-22(18,19)13-6-7-14-15(10-13)21-9-4-8-20-14/h6-7,10,12,17H,2-5,8-9,11,16H2,1H3. The van der Waals surface area contributed by atoms with Crippen molar-refractivity contribution in [1.29, 1.82) is 0 Å². The van der Waals surface area contributed by atoms with E-state index in [0.717, 1.165) is 25.7 Å². The van der Waals surface area contributed by atoms with Crippen LogP contribution in [0.1, 0.15) is 32.6 Å². The van der Waals surface area contributed by atoms with Crippen molar-refractivity contribution in [2.45, 2.75) is 43.5 Å². The van der Waals surface area contributed by atoms with Gasteiger partial charge in [-0.15, -0.1) is 0 Å². The van der Waals surface area contributed by atoms with Crippen molar-refractivity contribution >= 4 is 10.0 Å². The Morgan fingerprint density at radius 2 is 2.00 bits per heavy atom. The molecule has 1 unspecified atom stereocenters. The molecule has 1 aromatic carbocycles. The highest BCUT2D eigenvalue weighted by Gasteiger charge is 2.21. The summed E-state index contributed by atoms with van der Waals surface area (Å²) in [7, 11) is -3.61. The number of hydrogen-bond donors (Lipinski definition) is 2. The summed E-state index contributed by atoms with van der Waals surface area (Å²) in [5, 5.41) is 0. The van der Waals surface area contributed by atoms with E-state index in [9.17, 15) is 8.42 Å². The molecule has 2 rings (SSSR count). The zero-order valence-corrected chi connectivity index (χ0v) is 13.7. The van der Waals surface area contributed by atoms with Crippen LogP contribution in [-0.4, -0.2) is 34.2 Å². The Bertz CT molecular complexity index is 589. The Morgan fingerprint density at radius 1 is 1.27 bits per heavy atom. The summed E-state index contributed by atoms with van der Waals surface area (Å²) in [6.07, 6.45) is 3.45. The first kappa shape index (κ1) is 17.1. The van der Waals surface area contributed by atoms with E-state index < -0.39 is 10.0 Å². The van der Waals surface area contributed by atoms with Gasteiger partial charge in [0.2, 0.25) is 10.0 Å². The largest absolute Gasteiger partial charge is 0.490 e. The number of sulfonamides is 1. The smallest absolute Gasteiger partial charge is 0.241 e. The fourth-order valence-corrected chi connectivity index (χ4v) is 3.57. The molecule has 0 fully saturated rings. The molecule has 0 saturated carbocycles. The molecule has 0 aromatic heterocycles. The number of ether oxygens (including phenoxy) is 2. The highest BCUT2D eigenvalue weighted by Crippen LogP contribution is 2.31. The second-order valence-electron chi connectivity index (χ2n) is 5.36. The molecule has 1 aromatic rings. The highest BCUT2D eigenvalue weighted by atomic mass is 32.2. The van der Waals surface area contributed by atoms with Crippen molar-refractivity contribution in [3.63, 3.8) is 0 Å². The first-order valence-electron chi connectivity index (χ1n) is 7.69. The summed E-state index contributed by atoms with van der Waals surface area (Å²) in [5.74, 6) is 1.05. The van der Waals surface area contributed by atoms with E-state index in [-0.39, 0.29) is 17.5 Å². The lowest BCUT2D eigenvalue weighted by Gasteiger charge is -2.17. The van der Waals surface area contributed by atoms with Gasteiger partial charge >= 0.3 is 0 Å². The topological polar surface area (TPSA) is 90.7 Å². The fraction of sp³-hybridized carbons (Fsp3) is 0.600. The fourth-order valence-electron chi connectivity index (χ4n) is 2.27. The molecule has 0 spiro atoms. The molecule has 0 amide bonds. The molecular weight excluding hydrogens is 304 g/mol. The van der Waals surface area contributed by atoms with E-state index in [2.05, 4.69) is 11.6 Å². The van der Waals surface area contributed by atoms with Gasteiger partial charge in [-0.1, -0.05) is 19.8 Å². The number of unbranched alkanes of at least 4 members (excludes halogenated alkanes) is 1. The van der Waals surface area contributed by atoms with E-state index >= 15 is 0 Å². The van der Waals surface area contributed by atoms with Crippen LogP contribution in [0, 0.1) is 0 Å². The molecule has 1 atom stereocenters. The SMILES string of the molecule is CCCCC(CN)NS(=O)(=O)c1ccc2c(c1)OCCCO2. The van der Waals surface area contributed by atoms with Crippen LogP contribution in [0.3, 0.4) is 0 Å². The number of nitrogens with one attached hydrogen (secondary N) is 1. The molecule has 1 aliphatic heterocycles. The number of hydrogen-bond acceptors (Lipinski definition) is 5. The normalized spacial score (nSPS) is 16.1. The van der Waals surface area contributed by atoms with E-state index in [1.807, 2.05) is 0 Å².